The molecule has 0 aliphatic carbocycles. The van der Waals surface area contributed by atoms with Crippen LogP contribution in [0.15, 0.2) is 47.1 Å². The lowest BCUT2D eigenvalue weighted by molar-refractivity contribution is -0.125. The highest BCUT2D eigenvalue weighted by Gasteiger charge is 2.35. The fourth-order valence-corrected chi connectivity index (χ4v) is 3.01. The van der Waals surface area contributed by atoms with Crippen LogP contribution < -0.4 is 5.32 Å². The number of carbonyl (C=O) groups excluding carboxylic acids is 3. The van der Waals surface area contributed by atoms with Crippen molar-refractivity contribution in [3.05, 3.63) is 59.5 Å². The van der Waals surface area contributed by atoms with Crippen molar-refractivity contribution in [3.63, 3.8) is 0 Å². The van der Waals surface area contributed by atoms with E-state index in [1.165, 1.54) is 13.4 Å². The first kappa shape index (κ1) is 17.7. The van der Waals surface area contributed by atoms with E-state index < -0.39 is 12.0 Å². The molecule has 2 heterocycles. The number of ether oxygens (including phenoxy) is 1. The van der Waals surface area contributed by atoms with Gasteiger partial charge in [0.1, 0.15) is 6.04 Å². The zero-order chi connectivity index (χ0) is 18.5. The molecule has 0 spiro atoms. The van der Waals surface area contributed by atoms with Crippen molar-refractivity contribution in [3.8, 4) is 0 Å². The summed E-state index contributed by atoms with van der Waals surface area (Å²) in [5.41, 5.74) is 1.31. The number of nitrogens with one attached hydrogen (secondary N) is 1. The highest BCUT2D eigenvalue weighted by Crippen LogP contribution is 2.20. The maximum Gasteiger partial charge on any atom is 0.337 e. The van der Waals surface area contributed by atoms with Gasteiger partial charge in [-0.25, -0.2) is 4.79 Å². The number of nitrogens with zero attached hydrogens (tertiary/aromatic N) is 1. The molecule has 0 bridgehead atoms. The minimum Gasteiger partial charge on any atom is -0.465 e. The smallest absolute Gasteiger partial charge is 0.337 e. The van der Waals surface area contributed by atoms with Crippen LogP contribution in [-0.2, 0) is 16.1 Å². The summed E-state index contributed by atoms with van der Waals surface area (Å²) in [5, 5.41) is 2.85. The molecule has 1 unspecified atom stereocenters. The first-order valence-corrected chi connectivity index (χ1v) is 8.39. The summed E-state index contributed by atoms with van der Waals surface area (Å²) in [5.74, 6) is -0.628. The third-order valence-electron chi connectivity index (χ3n) is 4.39. The second kappa shape index (κ2) is 7.86. The van der Waals surface area contributed by atoms with Crippen LogP contribution in [0.4, 0.5) is 0 Å². The fourth-order valence-electron chi connectivity index (χ4n) is 3.01. The lowest BCUT2D eigenvalue weighted by Gasteiger charge is -2.23. The van der Waals surface area contributed by atoms with Crippen molar-refractivity contribution in [2.75, 3.05) is 13.7 Å². The van der Waals surface area contributed by atoms with E-state index in [1.807, 2.05) is 0 Å². The molecule has 2 aromatic rings. The summed E-state index contributed by atoms with van der Waals surface area (Å²) < 4.78 is 9.80. The molecule has 2 amide bonds. The zero-order valence-electron chi connectivity index (χ0n) is 14.4. The molecular weight excluding hydrogens is 336 g/mol. The van der Waals surface area contributed by atoms with Crippen LogP contribution in [-0.4, -0.2) is 42.4 Å². The topological polar surface area (TPSA) is 88.9 Å². The molecular formula is C19H20N2O5. The Kier molecular flexibility index (Phi) is 5.36. The van der Waals surface area contributed by atoms with Gasteiger partial charge in [0.05, 0.1) is 18.9 Å². The first-order chi connectivity index (χ1) is 12.6. The van der Waals surface area contributed by atoms with Gasteiger partial charge in [0.15, 0.2) is 5.76 Å². The van der Waals surface area contributed by atoms with Crippen molar-refractivity contribution in [2.24, 2.45) is 0 Å². The highest BCUT2D eigenvalue weighted by atomic mass is 16.5. The normalized spacial score (nSPS) is 16.3. The number of amides is 2. The standard InChI is InChI=1S/C19H20N2O5/c1-25-19(24)14-8-6-13(7-9-14)12-20-17(22)15-4-2-10-21(15)18(23)16-5-3-11-26-16/h3,5-9,11,15H,2,4,10,12H2,1H3,(H,20,22). The summed E-state index contributed by atoms with van der Waals surface area (Å²) in [6.45, 7) is 0.852. The minimum atomic E-state index is -0.498. The average Bonchev–Trinajstić information content (AvgIpc) is 3.37. The molecule has 26 heavy (non-hydrogen) atoms. The van der Waals surface area contributed by atoms with E-state index in [-0.39, 0.29) is 17.6 Å². The summed E-state index contributed by atoms with van der Waals surface area (Å²) >= 11 is 0. The van der Waals surface area contributed by atoms with Crippen LogP contribution in [0.2, 0.25) is 0 Å². The predicted octanol–water partition coefficient (Wildman–Crippen LogP) is 1.99. The van der Waals surface area contributed by atoms with E-state index in [4.69, 9.17) is 4.42 Å². The maximum atomic E-state index is 12.5. The average molecular weight is 356 g/mol. The Morgan fingerprint density at radius 1 is 1.23 bits per heavy atom. The Labute approximate surface area is 150 Å². The largest absolute Gasteiger partial charge is 0.465 e. The van der Waals surface area contributed by atoms with Gasteiger partial charge in [-0.15, -0.1) is 0 Å². The summed E-state index contributed by atoms with van der Waals surface area (Å²) in [6, 6.07) is 9.56. The van der Waals surface area contributed by atoms with Crippen molar-refractivity contribution in [1.82, 2.24) is 10.2 Å². The van der Waals surface area contributed by atoms with E-state index in [2.05, 4.69) is 10.1 Å². The molecule has 1 atom stereocenters. The van der Waals surface area contributed by atoms with Crippen LogP contribution in [0.25, 0.3) is 0 Å². The second-order valence-electron chi connectivity index (χ2n) is 6.04. The molecule has 1 aromatic heterocycles. The number of carbonyl (C=O) groups is 3. The van der Waals surface area contributed by atoms with Crippen molar-refractivity contribution in [2.45, 2.75) is 25.4 Å². The van der Waals surface area contributed by atoms with E-state index in [0.717, 1.165) is 12.0 Å². The van der Waals surface area contributed by atoms with Gasteiger partial charge in [0, 0.05) is 13.1 Å². The molecule has 1 fully saturated rings. The Hall–Kier alpha value is -3.09. The minimum absolute atomic E-state index is 0.195. The van der Waals surface area contributed by atoms with Gasteiger partial charge < -0.3 is 19.4 Å². The van der Waals surface area contributed by atoms with Gasteiger partial charge in [-0.05, 0) is 42.7 Å². The first-order valence-electron chi connectivity index (χ1n) is 8.39. The van der Waals surface area contributed by atoms with E-state index >= 15 is 0 Å². The third-order valence-corrected chi connectivity index (χ3v) is 4.39. The van der Waals surface area contributed by atoms with Crippen molar-refractivity contribution < 1.29 is 23.5 Å². The molecule has 7 nitrogen and oxygen atoms in total. The second-order valence-corrected chi connectivity index (χ2v) is 6.04. The Morgan fingerprint density at radius 2 is 2.00 bits per heavy atom. The molecule has 1 aliphatic rings. The molecule has 1 N–H and O–H groups in total. The van der Waals surface area contributed by atoms with Gasteiger partial charge in [0.2, 0.25) is 5.91 Å². The number of hydrogen-bond donors (Lipinski definition) is 1. The van der Waals surface area contributed by atoms with Crippen LogP contribution in [0.1, 0.15) is 39.3 Å². The molecule has 1 aromatic carbocycles. The fraction of sp³-hybridized carbons (Fsp3) is 0.316. The summed E-state index contributed by atoms with van der Waals surface area (Å²) in [7, 11) is 1.33. The van der Waals surface area contributed by atoms with Crippen LogP contribution >= 0.6 is 0 Å². The monoisotopic (exact) mass is 356 g/mol. The number of hydrogen-bond acceptors (Lipinski definition) is 5. The number of furan rings is 1. The molecule has 136 valence electrons. The number of methoxy groups -OCH3 is 1. The number of benzene rings is 1. The van der Waals surface area contributed by atoms with Gasteiger partial charge in [-0.1, -0.05) is 12.1 Å². The summed E-state index contributed by atoms with van der Waals surface area (Å²) in [6.07, 6.45) is 2.84. The number of esters is 1. The number of likely N-dealkylation sites (tertiary alicyclic amines) is 1. The highest BCUT2D eigenvalue weighted by molar-refractivity contribution is 5.96. The quantitative estimate of drug-likeness (QED) is 0.828. The maximum absolute atomic E-state index is 12.5. The molecule has 7 heteroatoms. The van der Waals surface area contributed by atoms with E-state index in [1.54, 1.807) is 41.3 Å². The molecule has 1 aliphatic heterocycles. The van der Waals surface area contributed by atoms with E-state index in [0.29, 0.717) is 25.1 Å². The summed E-state index contributed by atoms with van der Waals surface area (Å²) in [4.78, 5) is 37.9. The lowest BCUT2D eigenvalue weighted by Crippen LogP contribution is -2.45. The molecule has 0 saturated carbocycles. The van der Waals surface area contributed by atoms with Crippen LogP contribution in [0, 0.1) is 0 Å². The van der Waals surface area contributed by atoms with Crippen molar-refractivity contribution >= 4 is 17.8 Å². The molecule has 3 rings (SSSR count). The number of rotatable bonds is 5. The van der Waals surface area contributed by atoms with Gasteiger partial charge in [-0.2, -0.15) is 0 Å². The SMILES string of the molecule is COC(=O)c1ccc(CNC(=O)C2CCCN2C(=O)c2ccco2)cc1. The lowest BCUT2D eigenvalue weighted by atomic mass is 10.1. The Balaban J connectivity index is 1.59. The Morgan fingerprint density at radius 3 is 2.65 bits per heavy atom. The van der Waals surface area contributed by atoms with Crippen LogP contribution in [0.3, 0.4) is 0 Å². The Bertz CT molecular complexity index is 783. The zero-order valence-corrected chi connectivity index (χ0v) is 14.4. The van der Waals surface area contributed by atoms with Gasteiger partial charge in [-0.3, -0.25) is 9.59 Å². The van der Waals surface area contributed by atoms with E-state index in [9.17, 15) is 14.4 Å². The van der Waals surface area contributed by atoms with Gasteiger partial charge >= 0.3 is 5.97 Å². The third kappa shape index (κ3) is 3.77. The predicted molar refractivity (Wildman–Crippen MR) is 92.4 cm³/mol. The van der Waals surface area contributed by atoms with Crippen molar-refractivity contribution in [1.29, 1.82) is 0 Å². The molecule has 0 radical (unpaired) electrons. The van der Waals surface area contributed by atoms with Gasteiger partial charge in [0.25, 0.3) is 5.91 Å². The molecule has 1 saturated heterocycles. The van der Waals surface area contributed by atoms with Crippen LogP contribution in [0.5, 0.6) is 0 Å².